The van der Waals surface area contributed by atoms with Gasteiger partial charge in [-0.1, -0.05) is 11.8 Å². The number of methoxy groups -OCH3 is 1. The molecule has 2 atom stereocenters. The maximum Gasteiger partial charge on any atom is 0.261 e. The Kier molecular flexibility index (Phi) is 5.60. The lowest BCUT2D eigenvalue weighted by Gasteiger charge is -2.11. The minimum Gasteiger partial charge on any atom is -0.395 e. The van der Waals surface area contributed by atoms with Gasteiger partial charge < -0.3 is 15.2 Å². The summed E-state index contributed by atoms with van der Waals surface area (Å²) in [7, 11) is 1.71. The largest absolute Gasteiger partial charge is 0.395 e. The van der Waals surface area contributed by atoms with Gasteiger partial charge in [0.25, 0.3) is 5.91 Å². The molecule has 0 aromatic carbocycles. The molecule has 1 amide bonds. The maximum atomic E-state index is 12.1. The zero-order chi connectivity index (χ0) is 14.4. The second-order valence-corrected chi connectivity index (χ2v) is 5.86. The second kappa shape index (κ2) is 7.44. The normalized spacial score (nSPS) is 21.3. The van der Waals surface area contributed by atoms with Gasteiger partial charge in [-0.25, -0.2) is 0 Å². The third-order valence-electron chi connectivity index (χ3n) is 3.33. The Morgan fingerprint density at radius 2 is 2.40 bits per heavy atom. The van der Waals surface area contributed by atoms with Gasteiger partial charge in [0.2, 0.25) is 0 Å². The van der Waals surface area contributed by atoms with E-state index >= 15 is 0 Å². The average molecular weight is 293 g/mol. The van der Waals surface area contributed by atoms with Crippen LogP contribution in [0.1, 0.15) is 40.2 Å². The molecule has 2 rings (SSSR count). The molecule has 2 N–H and O–H groups in total. The van der Waals surface area contributed by atoms with Crippen LogP contribution in [-0.4, -0.2) is 36.9 Å². The predicted molar refractivity (Wildman–Crippen MR) is 78.8 cm³/mol. The lowest BCUT2D eigenvalue weighted by atomic mass is 10.2. The first kappa shape index (κ1) is 15.0. The number of thiophene rings is 1. The highest BCUT2D eigenvalue weighted by Crippen LogP contribution is 2.22. The Morgan fingerprint density at radius 3 is 3.10 bits per heavy atom. The molecule has 1 aliphatic rings. The molecule has 20 heavy (non-hydrogen) atoms. The summed E-state index contributed by atoms with van der Waals surface area (Å²) in [5.41, 5.74) is 0. The Labute approximate surface area is 123 Å². The number of aliphatic hydroxyl groups excluding tert-OH is 1. The van der Waals surface area contributed by atoms with E-state index in [1.165, 1.54) is 11.3 Å². The van der Waals surface area contributed by atoms with Crippen molar-refractivity contribution in [2.24, 2.45) is 0 Å². The molecule has 0 bridgehead atoms. The van der Waals surface area contributed by atoms with E-state index in [0.717, 1.165) is 24.1 Å². The van der Waals surface area contributed by atoms with Crippen molar-refractivity contribution >= 4 is 17.2 Å². The van der Waals surface area contributed by atoms with E-state index in [1.54, 1.807) is 13.2 Å². The fraction of sp³-hybridized carbons (Fsp3) is 0.533. The zero-order valence-corrected chi connectivity index (χ0v) is 12.3. The second-order valence-electron chi connectivity index (χ2n) is 4.78. The molecule has 108 valence electrons. The van der Waals surface area contributed by atoms with Gasteiger partial charge in [0.1, 0.15) is 0 Å². The van der Waals surface area contributed by atoms with Crippen LogP contribution < -0.4 is 5.32 Å². The lowest BCUT2D eigenvalue weighted by molar-refractivity contribution is 0.0918. The topological polar surface area (TPSA) is 58.6 Å². The minimum absolute atomic E-state index is 0.0352. The van der Waals surface area contributed by atoms with Gasteiger partial charge in [0.05, 0.1) is 22.5 Å². The van der Waals surface area contributed by atoms with Crippen molar-refractivity contribution in [3.63, 3.8) is 0 Å². The predicted octanol–water partition coefficient (Wildman–Crippen LogP) is 1.78. The Hall–Kier alpha value is -1.35. The number of hydrogen-bond donors (Lipinski definition) is 2. The van der Waals surface area contributed by atoms with Gasteiger partial charge in [-0.15, -0.1) is 11.3 Å². The Morgan fingerprint density at radius 1 is 1.55 bits per heavy atom. The highest BCUT2D eigenvalue weighted by Gasteiger charge is 2.26. The van der Waals surface area contributed by atoms with Gasteiger partial charge in [-0.3, -0.25) is 4.79 Å². The molecule has 0 aliphatic heterocycles. The number of amides is 1. The third-order valence-corrected chi connectivity index (χ3v) is 4.33. The number of hydrogen-bond acceptors (Lipinski definition) is 4. The number of aliphatic hydroxyl groups is 1. The lowest BCUT2D eigenvalue weighted by Crippen LogP contribution is -2.32. The number of rotatable bonds is 4. The molecule has 5 heteroatoms. The highest BCUT2D eigenvalue weighted by atomic mass is 32.1. The molecular formula is C15H19NO3S. The van der Waals surface area contributed by atoms with Crippen LogP contribution in [0.5, 0.6) is 0 Å². The van der Waals surface area contributed by atoms with E-state index in [2.05, 4.69) is 17.2 Å². The fourth-order valence-electron chi connectivity index (χ4n) is 2.27. The molecule has 1 aliphatic carbocycles. The number of ether oxygens (including phenoxy) is 1. The Bertz CT molecular complexity index is 515. The van der Waals surface area contributed by atoms with E-state index in [0.29, 0.717) is 11.3 Å². The first-order valence-electron chi connectivity index (χ1n) is 6.76. The fourth-order valence-corrected chi connectivity index (χ4v) is 3.06. The molecule has 1 heterocycles. The van der Waals surface area contributed by atoms with Crippen LogP contribution in [0.3, 0.4) is 0 Å². The molecule has 4 nitrogen and oxygen atoms in total. The van der Waals surface area contributed by atoms with Crippen LogP contribution in [0.2, 0.25) is 0 Å². The first-order chi connectivity index (χ1) is 9.72. The van der Waals surface area contributed by atoms with Gasteiger partial charge in [-0.2, -0.15) is 0 Å². The van der Waals surface area contributed by atoms with Crippen LogP contribution in [-0.2, 0) is 4.74 Å². The molecule has 1 saturated carbocycles. The van der Waals surface area contributed by atoms with Gasteiger partial charge in [0.15, 0.2) is 0 Å². The zero-order valence-electron chi connectivity index (χ0n) is 11.5. The van der Waals surface area contributed by atoms with Crippen LogP contribution in [0.4, 0.5) is 0 Å². The number of carbonyl (C=O) groups is 1. The van der Waals surface area contributed by atoms with E-state index < -0.39 is 0 Å². The van der Waals surface area contributed by atoms with Crippen molar-refractivity contribution in [2.45, 2.75) is 37.8 Å². The van der Waals surface area contributed by atoms with Crippen LogP contribution >= 0.6 is 11.3 Å². The molecule has 1 aromatic rings. The highest BCUT2D eigenvalue weighted by molar-refractivity contribution is 7.14. The summed E-state index contributed by atoms with van der Waals surface area (Å²) in [6, 6.07) is 3.85. The van der Waals surface area contributed by atoms with Crippen molar-refractivity contribution in [1.29, 1.82) is 0 Å². The first-order valence-corrected chi connectivity index (χ1v) is 7.57. The molecule has 0 spiro atoms. The Balaban J connectivity index is 1.89. The summed E-state index contributed by atoms with van der Waals surface area (Å²) < 4.78 is 5.30. The minimum atomic E-state index is -0.0352. The van der Waals surface area contributed by atoms with Crippen molar-refractivity contribution in [2.75, 3.05) is 13.7 Å². The summed E-state index contributed by atoms with van der Waals surface area (Å²) in [5.74, 6) is 5.76. The molecule has 1 fully saturated rings. The van der Waals surface area contributed by atoms with Crippen LogP contribution in [0.15, 0.2) is 12.1 Å². The van der Waals surface area contributed by atoms with E-state index in [1.807, 2.05) is 6.07 Å². The quantitative estimate of drug-likeness (QED) is 0.832. The standard InChI is InChI=1S/C15H19NO3S/c1-19-12-6-5-11(10-12)16-15(18)14-8-7-13(20-14)4-2-3-9-17/h7-8,11-12,17H,3,5-6,9-10H2,1H3,(H,16,18). The summed E-state index contributed by atoms with van der Waals surface area (Å²) in [4.78, 5) is 13.6. The molecule has 1 aromatic heterocycles. The smallest absolute Gasteiger partial charge is 0.261 e. The van der Waals surface area contributed by atoms with Crippen LogP contribution in [0.25, 0.3) is 0 Å². The van der Waals surface area contributed by atoms with Gasteiger partial charge in [0, 0.05) is 19.6 Å². The van der Waals surface area contributed by atoms with Crippen molar-refractivity contribution in [3.8, 4) is 11.8 Å². The van der Waals surface area contributed by atoms with Crippen molar-refractivity contribution < 1.29 is 14.6 Å². The molecule has 2 unspecified atom stereocenters. The monoisotopic (exact) mass is 293 g/mol. The summed E-state index contributed by atoms with van der Waals surface area (Å²) in [6.45, 7) is 0.0636. The SMILES string of the molecule is COC1CCC(NC(=O)c2ccc(C#CCCO)s2)C1. The average Bonchev–Trinajstić information content (AvgIpc) is 3.08. The van der Waals surface area contributed by atoms with Crippen molar-refractivity contribution in [1.82, 2.24) is 5.32 Å². The molecular weight excluding hydrogens is 274 g/mol. The summed E-state index contributed by atoms with van der Waals surface area (Å²) in [5, 5.41) is 11.7. The van der Waals surface area contributed by atoms with E-state index in [9.17, 15) is 4.79 Å². The number of carbonyl (C=O) groups excluding carboxylic acids is 1. The van der Waals surface area contributed by atoms with Crippen molar-refractivity contribution in [3.05, 3.63) is 21.9 Å². The molecule has 0 radical (unpaired) electrons. The summed E-state index contributed by atoms with van der Waals surface area (Å²) in [6.07, 6.45) is 3.59. The molecule has 0 saturated heterocycles. The maximum absolute atomic E-state index is 12.1. The summed E-state index contributed by atoms with van der Waals surface area (Å²) >= 11 is 1.38. The van der Waals surface area contributed by atoms with E-state index in [4.69, 9.17) is 9.84 Å². The van der Waals surface area contributed by atoms with Gasteiger partial charge >= 0.3 is 0 Å². The van der Waals surface area contributed by atoms with Gasteiger partial charge in [-0.05, 0) is 31.4 Å². The third kappa shape index (κ3) is 4.07. The number of nitrogens with one attached hydrogen (secondary N) is 1. The van der Waals surface area contributed by atoms with Crippen LogP contribution in [0, 0.1) is 11.8 Å². The van der Waals surface area contributed by atoms with E-state index in [-0.39, 0.29) is 24.7 Å².